The van der Waals surface area contributed by atoms with Crippen molar-refractivity contribution in [2.45, 2.75) is 18.5 Å². The number of pyridine rings is 1. The third kappa shape index (κ3) is 1.70. The summed E-state index contributed by atoms with van der Waals surface area (Å²) in [6.07, 6.45) is 1.57. The molecule has 1 saturated heterocycles. The van der Waals surface area contributed by atoms with Crippen LogP contribution in [-0.4, -0.2) is 24.2 Å². The van der Waals surface area contributed by atoms with E-state index in [1.807, 2.05) is 6.07 Å². The monoisotopic (exact) mass is 195 g/mol. The molecule has 1 aromatic rings. The second-order valence-electron chi connectivity index (χ2n) is 3.59. The minimum absolute atomic E-state index is 0.0926. The zero-order valence-corrected chi connectivity index (χ0v) is 7.91. The van der Waals surface area contributed by atoms with E-state index in [2.05, 4.69) is 10.3 Å². The van der Waals surface area contributed by atoms with Gasteiger partial charge in [0.25, 0.3) is 0 Å². The number of piperidine rings is 1. The van der Waals surface area contributed by atoms with Crippen molar-refractivity contribution in [1.82, 2.24) is 10.3 Å². The van der Waals surface area contributed by atoms with Crippen LogP contribution in [0.25, 0.3) is 0 Å². The van der Waals surface area contributed by atoms with Crippen molar-refractivity contribution in [2.24, 2.45) is 0 Å². The summed E-state index contributed by atoms with van der Waals surface area (Å²) in [5.41, 5.74) is 6.56. The van der Waals surface area contributed by atoms with Crippen LogP contribution in [0, 0.1) is 0 Å². The summed E-state index contributed by atoms with van der Waals surface area (Å²) in [5, 5.41) is 3.02. The fraction of sp³-hybridized carbons (Fsp3) is 0.500. The molecule has 2 unspecified atom stereocenters. The van der Waals surface area contributed by atoms with Crippen LogP contribution < -0.4 is 11.1 Å². The average molecular weight is 195 g/mol. The highest BCUT2D eigenvalue weighted by Gasteiger charge is 2.27. The van der Waals surface area contributed by atoms with Crippen LogP contribution in [0.1, 0.15) is 17.9 Å². The van der Waals surface area contributed by atoms with Crippen molar-refractivity contribution in [3.8, 4) is 0 Å². The number of halogens is 1. The van der Waals surface area contributed by atoms with Crippen molar-refractivity contribution in [2.75, 3.05) is 18.8 Å². The summed E-state index contributed by atoms with van der Waals surface area (Å²) in [6.45, 7) is 1.26. The van der Waals surface area contributed by atoms with Crippen LogP contribution >= 0.6 is 0 Å². The fourth-order valence-electron chi connectivity index (χ4n) is 1.91. The number of nitrogens with one attached hydrogen (secondary N) is 1. The maximum atomic E-state index is 13.6. The smallest absolute Gasteiger partial charge is 0.126 e. The molecule has 1 aliphatic rings. The lowest BCUT2D eigenvalue weighted by Gasteiger charge is -2.27. The molecule has 0 radical (unpaired) electrons. The first-order valence-electron chi connectivity index (χ1n) is 4.84. The number of hydrogen-bond donors (Lipinski definition) is 2. The summed E-state index contributed by atoms with van der Waals surface area (Å²) in [4.78, 5) is 3.98. The van der Waals surface area contributed by atoms with Crippen molar-refractivity contribution in [3.63, 3.8) is 0 Å². The Kier molecular flexibility index (Phi) is 2.63. The molecule has 0 aromatic carbocycles. The molecule has 2 atom stereocenters. The number of aromatic nitrogens is 1. The number of anilines is 1. The minimum Gasteiger partial charge on any atom is -0.383 e. The van der Waals surface area contributed by atoms with E-state index in [1.165, 1.54) is 0 Å². The van der Waals surface area contributed by atoms with E-state index in [4.69, 9.17) is 5.73 Å². The van der Waals surface area contributed by atoms with Crippen molar-refractivity contribution in [3.05, 3.63) is 23.9 Å². The van der Waals surface area contributed by atoms with E-state index in [9.17, 15) is 4.39 Å². The van der Waals surface area contributed by atoms with E-state index in [0.717, 1.165) is 18.5 Å². The summed E-state index contributed by atoms with van der Waals surface area (Å²) >= 11 is 0. The molecule has 76 valence electrons. The molecule has 0 saturated carbocycles. The molecule has 0 amide bonds. The molecular weight excluding hydrogens is 181 g/mol. The molecule has 1 aromatic heterocycles. The van der Waals surface area contributed by atoms with Gasteiger partial charge in [0.15, 0.2) is 0 Å². The Morgan fingerprint density at radius 2 is 2.43 bits per heavy atom. The van der Waals surface area contributed by atoms with Gasteiger partial charge in [-0.25, -0.2) is 9.37 Å². The molecule has 2 rings (SSSR count). The Morgan fingerprint density at radius 1 is 1.57 bits per heavy atom. The Hall–Kier alpha value is -1.16. The van der Waals surface area contributed by atoms with Crippen LogP contribution in [0.4, 0.5) is 10.2 Å². The number of nitrogen functional groups attached to an aromatic ring is 1. The van der Waals surface area contributed by atoms with Crippen molar-refractivity contribution in [1.29, 1.82) is 0 Å². The first-order chi connectivity index (χ1) is 6.79. The van der Waals surface area contributed by atoms with Crippen LogP contribution in [0.3, 0.4) is 0 Å². The predicted molar refractivity (Wildman–Crippen MR) is 53.8 cm³/mol. The van der Waals surface area contributed by atoms with Gasteiger partial charge in [0.2, 0.25) is 0 Å². The molecule has 1 aliphatic heterocycles. The second kappa shape index (κ2) is 3.92. The summed E-state index contributed by atoms with van der Waals surface area (Å²) in [5.74, 6) is 0.368. The fourth-order valence-corrected chi connectivity index (χ4v) is 1.91. The molecule has 3 N–H and O–H groups in total. The highest BCUT2D eigenvalue weighted by Crippen LogP contribution is 2.30. The van der Waals surface area contributed by atoms with Gasteiger partial charge in [-0.15, -0.1) is 0 Å². The highest BCUT2D eigenvalue weighted by atomic mass is 19.1. The van der Waals surface area contributed by atoms with E-state index in [0.29, 0.717) is 12.4 Å². The van der Waals surface area contributed by atoms with Gasteiger partial charge >= 0.3 is 0 Å². The largest absolute Gasteiger partial charge is 0.383 e. The molecule has 2 heterocycles. The molecule has 4 heteroatoms. The minimum atomic E-state index is -0.852. The lowest BCUT2D eigenvalue weighted by molar-refractivity contribution is 0.231. The normalized spacial score (nSPS) is 27.5. The molecule has 14 heavy (non-hydrogen) atoms. The Bertz CT molecular complexity index is 316. The lowest BCUT2D eigenvalue weighted by atomic mass is 9.89. The van der Waals surface area contributed by atoms with Gasteiger partial charge < -0.3 is 11.1 Å². The predicted octanol–water partition coefficient (Wildman–Crippen LogP) is 1.08. The SMILES string of the molecule is Nc1ncccc1C1CCNCC1F. The first kappa shape index (κ1) is 9.40. The van der Waals surface area contributed by atoms with Crippen molar-refractivity contribution < 1.29 is 4.39 Å². The third-order valence-electron chi connectivity index (χ3n) is 2.68. The first-order valence-corrected chi connectivity index (χ1v) is 4.84. The Balaban J connectivity index is 2.25. The highest BCUT2D eigenvalue weighted by molar-refractivity contribution is 5.42. The van der Waals surface area contributed by atoms with Gasteiger partial charge in [0.1, 0.15) is 12.0 Å². The third-order valence-corrected chi connectivity index (χ3v) is 2.68. The van der Waals surface area contributed by atoms with E-state index in [1.54, 1.807) is 12.3 Å². The van der Waals surface area contributed by atoms with Gasteiger partial charge in [-0.1, -0.05) is 6.07 Å². The zero-order valence-electron chi connectivity index (χ0n) is 7.91. The van der Waals surface area contributed by atoms with Crippen LogP contribution in [0.2, 0.25) is 0 Å². The van der Waals surface area contributed by atoms with Gasteiger partial charge in [0.05, 0.1) is 0 Å². The Labute approximate surface area is 82.5 Å². The Morgan fingerprint density at radius 3 is 3.14 bits per heavy atom. The molecule has 0 aliphatic carbocycles. The van der Waals surface area contributed by atoms with Crippen LogP contribution in [-0.2, 0) is 0 Å². The number of nitrogens with two attached hydrogens (primary N) is 1. The number of nitrogens with zero attached hydrogens (tertiary/aromatic N) is 1. The standard InChI is InChI=1S/C10H14FN3/c11-9-6-13-5-3-7(9)8-2-1-4-14-10(8)12/h1-2,4,7,9,13H,3,5-6H2,(H2,12,14). The summed E-state index contributed by atoms with van der Waals surface area (Å²) in [7, 11) is 0. The molecular formula is C10H14FN3. The van der Waals surface area contributed by atoms with Crippen molar-refractivity contribution >= 4 is 5.82 Å². The van der Waals surface area contributed by atoms with Gasteiger partial charge in [-0.3, -0.25) is 0 Å². The molecule has 3 nitrogen and oxygen atoms in total. The maximum Gasteiger partial charge on any atom is 0.126 e. The van der Waals surface area contributed by atoms with Crippen LogP contribution in [0.15, 0.2) is 18.3 Å². The quantitative estimate of drug-likeness (QED) is 0.705. The second-order valence-corrected chi connectivity index (χ2v) is 3.59. The summed E-state index contributed by atoms with van der Waals surface area (Å²) in [6, 6.07) is 3.67. The van der Waals surface area contributed by atoms with E-state index >= 15 is 0 Å². The van der Waals surface area contributed by atoms with Crippen LogP contribution in [0.5, 0.6) is 0 Å². The number of alkyl halides is 1. The van der Waals surface area contributed by atoms with Gasteiger partial charge in [-0.2, -0.15) is 0 Å². The molecule has 0 spiro atoms. The zero-order chi connectivity index (χ0) is 9.97. The maximum absolute atomic E-state index is 13.6. The summed E-state index contributed by atoms with van der Waals surface area (Å²) < 4.78 is 13.6. The lowest BCUT2D eigenvalue weighted by Crippen LogP contribution is -2.37. The van der Waals surface area contributed by atoms with Gasteiger partial charge in [0, 0.05) is 24.2 Å². The van der Waals surface area contributed by atoms with E-state index < -0.39 is 6.17 Å². The molecule has 0 bridgehead atoms. The molecule has 1 fully saturated rings. The number of hydrogen-bond acceptors (Lipinski definition) is 3. The van der Waals surface area contributed by atoms with E-state index in [-0.39, 0.29) is 5.92 Å². The van der Waals surface area contributed by atoms with Gasteiger partial charge in [-0.05, 0) is 19.0 Å². The topological polar surface area (TPSA) is 50.9 Å². The average Bonchev–Trinajstić information content (AvgIpc) is 2.20. The number of rotatable bonds is 1.